The smallest absolute Gasteiger partial charge is 0.163 e. The molecule has 0 fully saturated rings. The van der Waals surface area contributed by atoms with Crippen LogP contribution in [0, 0.1) is 0 Å². The van der Waals surface area contributed by atoms with Gasteiger partial charge < -0.3 is 10.6 Å². The van der Waals surface area contributed by atoms with Crippen molar-refractivity contribution < 1.29 is 0 Å². The molecular weight excluding hydrogens is 278 g/mol. The first-order valence-electron chi connectivity index (χ1n) is 7.34. The van der Waals surface area contributed by atoms with Crippen LogP contribution in [0.5, 0.6) is 0 Å². The van der Waals surface area contributed by atoms with Crippen molar-refractivity contribution >= 4 is 22.5 Å². The third-order valence-corrected chi connectivity index (χ3v) is 3.36. The summed E-state index contributed by atoms with van der Waals surface area (Å²) in [7, 11) is 1.89. The molecule has 3 heterocycles. The first-order chi connectivity index (χ1) is 10.8. The van der Waals surface area contributed by atoms with E-state index in [0.717, 1.165) is 47.9 Å². The van der Waals surface area contributed by atoms with Crippen molar-refractivity contribution in [2.24, 2.45) is 7.05 Å². The lowest BCUT2D eigenvalue weighted by Gasteiger charge is -2.09. The largest absolute Gasteiger partial charge is 0.382 e. The highest BCUT2D eigenvalue weighted by molar-refractivity contribution is 5.86. The highest BCUT2D eigenvalue weighted by Gasteiger charge is 2.10. The molecule has 0 aliphatic carbocycles. The van der Waals surface area contributed by atoms with Crippen molar-refractivity contribution in [3.05, 3.63) is 36.5 Å². The van der Waals surface area contributed by atoms with Crippen molar-refractivity contribution in [2.45, 2.75) is 13.3 Å². The van der Waals surface area contributed by atoms with Crippen molar-refractivity contribution in [2.75, 3.05) is 23.7 Å². The number of hydrogen-bond acceptors (Lipinski definition) is 6. The fraction of sp³-hybridized carbons (Fsp3) is 0.333. The van der Waals surface area contributed by atoms with Crippen LogP contribution >= 0.6 is 0 Å². The van der Waals surface area contributed by atoms with E-state index in [-0.39, 0.29) is 0 Å². The van der Waals surface area contributed by atoms with Crippen LogP contribution in [-0.2, 0) is 13.5 Å². The topological polar surface area (TPSA) is 80.5 Å². The van der Waals surface area contributed by atoms with E-state index in [1.54, 1.807) is 23.3 Å². The predicted molar refractivity (Wildman–Crippen MR) is 86.9 cm³/mol. The Morgan fingerprint density at radius 2 is 2.00 bits per heavy atom. The summed E-state index contributed by atoms with van der Waals surface area (Å²) < 4.78 is 1.77. The molecule has 0 radical (unpaired) electrons. The van der Waals surface area contributed by atoms with Crippen molar-refractivity contribution in [1.29, 1.82) is 0 Å². The Morgan fingerprint density at radius 3 is 2.77 bits per heavy atom. The van der Waals surface area contributed by atoms with Gasteiger partial charge in [-0.2, -0.15) is 5.10 Å². The Balaban J connectivity index is 1.68. The van der Waals surface area contributed by atoms with Crippen LogP contribution in [0.3, 0.4) is 0 Å². The number of pyridine rings is 1. The van der Waals surface area contributed by atoms with Gasteiger partial charge in [0.05, 0.1) is 17.3 Å². The van der Waals surface area contributed by atoms with E-state index in [4.69, 9.17) is 0 Å². The fourth-order valence-electron chi connectivity index (χ4n) is 2.22. The normalized spacial score (nSPS) is 10.8. The van der Waals surface area contributed by atoms with Gasteiger partial charge in [0.15, 0.2) is 5.65 Å². The summed E-state index contributed by atoms with van der Waals surface area (Å²) in [5, 5.41) is 11.9. The van der Waals surface area contributed by atoms with Crippen LogP contribution in [-0.4, -0.2) is 37.8 Å². The average molecular weight is 297 g/mol. The molecular formula is C15H19N7. The van der Waals surface area contributed by atoms with E-state index in [2.05, 4.69) is 30.7 Å². The van der Waals surface area contributed by atoms with E-state index in [0.29, 0.717) is 0 Å². The highest BCUT2D eigenvalue weighted by Crippen LogP contribution is 2.19. The molecule has 22 heavy (non-hydrogen) atoms. The molecule has 0 aliphatic rings. The SMILES string of the molecule is CCc1nc(NCCNc2cccnc2)c2cnn(C)c2n1. The number of rotatable bonds is 6. The van der Waals surface area contributed by atoms with E-state index >= 15 is 0 Å². The minimum atomic E-state index is 0.749. The lowest BCUT2D eigenvalue weighted by Crippen LogP contribution is -2.15. The summed E-state index contributed by atoms with van der Waals surface area (Å²) >= 11 is 0. The maximum Gasteiger partial charge on any atom is 0.163 e. The van der Waals surface area contributed by atoms with Crippen LogP contribution in [0.15, 0.2) is 30.7 Å². The lowest BCUT2D eigenvalue weighted by molar-refractivity contribution is 0.779. The van der Waals surface area contributed by atoms with E-state index in [9.17, 15) is 0 Å². The highest BCUT2D eigenvalue weighted by atomic mass is 15.3. The third kappa shape index (κ3) is 2.98. The Bertz CT molecular complexity index is 751. The standard InChI is InChI=1S/C15H19N7/c1-3-13-20-14(12-10-19-22(2)15(12)21-13)18-8-7-17-11-5-4-6-16-9-11/h4-6,9-10,17H,3,7-8H2,1-2H3,(H,18,20,21). The van der Waals surface area contributed by atoms with Gasteiger partial charge >= 0.3 is 0 Å². The molecule has 3 aromatic rings. The minimum Gasteiger partial charge on any atom is -0.382 e. The zero-order valence-electron chi connectivity index (χ0n) is 12.7. The van der Waals surface area contributed by atoms with Gasteiger partial charge in [0.1, 0.15) is 11.6 Å². The number of nitrogens with one attached hydrogen (secondary N) is 2. The molecule has 0 saturated heterocycles. The number of hydrogen-bond donors (Lipinski definition) is 2. The molecule has 0 spiro atoms. The zero-order valence-corrected chi connectivity index (χ0v) is 12.7. The summed E-state index contributed by atoms with van der Waals surface area (Å²) in [4.78, 5) is 13.2. The zero-order chi connectivity index (χ0) is 15.4. The van der Waals surface area contributed by atoms with E-state index in [1.807, 2.05) is 26.1 Å². The van der Waals surface area contributed by atoms with Gasteiger partial charge in [0.25, 0.3) is 0 Å². The first-order valence-corrected chi connectivity index (χ1v) is 7.34. The minimum absolute atomic E-state index is 0.749. The van der Waals surface area contributed by atoms with Crippen molar-refractivity contribution in [1.82, 2.24) is 24.7 Å². The third-order valence-electron chi connectivity index (χ3n) is 3.36. The number of fused-ring (bicyclic) bond motifs is 1. The average Bonchev–Trinajstić information content (AvgIpc) is 2.94. The summed E-state index contributed by atoms with van der Waals surface area (Å²) in [6.45, 7) is 3.57. The first kappa shape index (κ1) is 14.2. The second kappa shape index (κ2) is 6.38. The molecule has 0 atom stereocenters. The van der Waals surface area contributed by atoms with Crippen LogP contribution in [0.2, 0.25) is 0 Å². The maximum atomic E-state index is 4.56. The second-order valence-electron chi connectivity index (χ2n) is 4.94. The van der Waals surface area contributed by atoms with Crippen LogP contribution in [0.25, 0.3) is 11.0 Å². The maximum absolute atomic E-state index is 4.56. The molecule has 0 saturated carbocycles. The fourth-order valence-corrected chi connectivity index (χ4v) is 2.22. The van der Waals surface area contributed by atoms with Gasteiger partial charge in [-0.3, -0.25) is 9.67 Å². The monoisotopic (exact) mass is 297 g/mol. The number of aromatic nitrogens is 5. The Kier molecular flexibility index (Phi) is 4.13. The molecule has 7 heteroatoms. The van der Waals surface area contributed by atoms with E-state index in [1.165, 1.54) is 0 Å². The molecule has 0 unspecified atom stereocenters. The molecule has 2 N–H and O–H groups in total. The molecule has 0 bridgehead atoms. The van der Waals surface area contributed by atoms with Crippen LogP contribution in [0.1, 0.15) is 12.7 Å². The molecule has 3 aromatic heterocycles. The Hall–Kier alpha value is -2.70. The van der Waals surface area contributed by atoms with Gasteiger partial charge in [-0.1, -0.05) is 6.92 Å². The molecule has 0 amide bonds. The van der Waals surface area contributed by atoms with Crippen LogP contribution in [0.4, 0.5) is 11.5 Å². The van der Waals surface area contributed by atoms with Crippen molar-refractivity contribution in [3.63, 3.8) is 0 Å². The van der Waals surface area contributed by atoms with Gasteiger partial charge in [-0.15, -0.1) is 0 Å². The van der Waals surface area contributed by atoms with Gasteiger partial charge in [0, 0.05) is 39.0 Å². The summed E-state index contributed by atoms with van der Waals surface area (Å²) in [6, 6.07) is 3.90. The van der Waals surface area contributed by atoms with Crippen molar-refractivity contribution in [3.8, 4) is 0 Å². The molecule has 114 valence electrons. The van der Waals surface area contributed by atoms with Gasteiger partial charge in [-0.05, 0) is 12.1 Å². The molecule has 0 aliphatic heterocycles. The van der Waals surface area contributed by atoms with Gasteiger partial charge in [0.2, 0.25) is 0 Å². The quantitative estimate of drug-likeness (QED) is 0.676. The number of anilines is 2. The van der Waals surface area contributed by atoms with Gasteiger partial charge in [-0.25, -0.2) is 9.97 Å². The molecule has 7 nitrogen and oxygen atoms in total. The number of nitrogens with zero attached hydrogens (tertiary/aromatic N) is 5. The molecule has 3 rings (SSSR count). The molecule has 0 aromatic carbocycles. The second-order valence-corrected chi connectivity index (χ2v) is 4.94. The summed E-state index contributed by atoms with van der Waals surface area (Å²) in [5.41, 5.74) is 1.86. The Morgan fingerprint density at radius 1 is 1.14 bits per heavy atom. The summed E-state index contributed by atoms with van der Waals surface area (Å²) in [5.74, 6) is 1.65. The van der Waals surface area contributed by atoms with E-state index < -0.39 is 0 Å². The Labute approximate surface area is 128 Å². The lowest BCUT2D eigenvalue weighted by atomic mass is 10.3. The summed E-state index contributed by atoms with van der Waals surface area (Å²) in [6.07, 6.45) is 6.16. The predicted octanol–water partition coefficient (Wildman–Crippen LogP) is 1.84. The number of aryl methyl sites for hydroxylation is 2. The van der Waals surface area contributed by atoms with Crippen LogP contribution < -0.4 is 10.6 Å².